The fourth-order valence-corrected chi connectivity index (χ4v) is 3.27. The summed E-state index contributed by atoms with van der Waals surface area (Å²) >= 11 is 0. The van der Waals surface area contributed by atoms with Crippen molar-refractivity contribution < 1.29 is 23.0 Å². The molecule has 0 saturated carbocycles. The number of phenolic OH excluding ortho intramolecular Hbond substituents is 1. The molecule has 2 aromatic rings. The minimum atomic E-state index is -4.67. The van der Waals surface area contributed by atoms with Gasteiger partial charge in [-0.25, -0.2) is 0 Å². The summed E-state index contributed by atoms with van der Waals surface area (Å²) in [5.41, 5.74) is 1.94. The third-order valence-electron chi connectivity index (χ3n) is 4.70. The number of rotatable bonds is 4. The van der Waals surface area contributed by atoms with Crippen LogP contribution in [0.4, 0.5) is 24.5 Å². The van der Waals surface area contributed by atoms with Crippen LogP contribution >= 0.6 is 0 Å². The average molecular weight is 366 g/mol. The van der Waals surface area contributed by atoms with Crippen LogP contribution in [0.1, 0.15) is 12.8 Å². The van der Waals surface area contributed by atoms with Gasteiger partial charge in [0.2, 0.25) is 0 Å². The molecule has 1 heterocycles. The van der Waals surface area contributed by atoms with E-state index in [1.165, 1.54) is 12.1 Å². The zero-order valence-corrected chi connectivity index (χ0v) is 14.4. The number of benzene rings is 2. The maximum absolute atomic E-state index is 12.2. The molecule has 0 atom stereocenters. The van der Waals surface area contributed by atoms with E-state index in [4.69, 9.17) is 0 Å². The lowest BCUT2D eigenvalue weighted by molar-refractivity contribution is -0.274. The highest BCUT2D eigenvalue weighted by atomic mass is 19.4. The van der Waals surface area contributed by atoms with Crippen molar-refractivity contribution in [1.29, 1.82) is 0 Å². The lowest BCUT2D eigenvalue weighted by Gasteiger charge is -2.39. The number of piperidine rings is 1. The van der Waals surface area contributed by atoms with Crippen molar-refractivity contribution in [2.24, 2.45) is 0 Å². The van der Waals surface area contributed by atoms with E-state index in [9.17, 15) is 18.3 Å². The van der Waals surface area contributed by atoms with Gasteiger partial charge in [-0.2, -0.15) is 0 Å². The Balaban J connectivity index is 1.58. The second-order valence-electron chi connectivity index (χ2n) is 6.39. The number of hydrogen-bond acceptors (Lipinski definition) is 4. The fraction of sp³-hybridized carbons (Fsp3) is 0.368. The molecular weight excluding hydrogens is 345 g/mol. The van der Waals surface area contributed by atoms with Crippen LogP contribution in [-0.2, 0) is 0 Å². The molecule has 0 aliphatic carbocycles. The number of anilines is 2. The molecular formula is C19H21F3N2O2. The highest BCUT2D eigenvalue weighted by Gasteiger charge is 2.31. The van der Waals surface area contributed by atoms with Gasteiger partial charge in [0.1, 0.15) is 11.5 Å². The first kappa shape index (κ1) is 18.2. The average Bonchev–Trinajstić information content (AvgIpc) is 2.61. The van der Waals surface area contributed by atoms with Crippen LogP contribution in [0.15, 0.2) is 48.5 Å². The monoisotopic (exact) mass is 366 g/mol. The summed E-state index contributed by atoms with van der Waals surface area (Å²) < 4.78 is 40.6. The van der Waals surface area contributed by atoms with Gasteiger partial charge in [-0.3, -0.25) is 0 Å². The van der Waals surface area contributed by atoms with Gasteiger partial charge >= 0.3 is 6.36 Å². The Labute approximate surface area is 150 Å². The first-order valence-electron chi connectivity index (χ1n) is 8.44. The maximum Gasteiger partial charge on any atom is 0.573 e. The van der Waals surface area contributed by atoms with E-state index < -0.39 is 6.36 Å². The molecule has 1 N–H and O–H groups in total. The zero-order valence-electron chi connectivity index (χ0n) is 14.4. The topological polar surface area (TPSA) is 35.9 Å². The molecule has 0 aromatic heterocycles. The van der Waals surface area contributed by atoms with Crippen molar-refractivity contribution in [3.63, 3.8) is 0 Å². The van der Waals surface area contributed by atoms with E-state index in [1.807, 2.05) is 19.2 Å². The highest BCUT2D eigenvalue weighted by molar-refractivity contribution is 5.51. The number of phenols is 1. The quantitative estimate of drug-likeness (QED) is 0.870. The van der Waals surface area contributed by atoms with Crippen LogP contribution in [0.2, 0.25) is 0 Å². The van der Waals surface area contributed by atoms with Gasteiger partial charge in [0.15, 0.2) is 0 Å². The Morgan fingerprint density at radius 2 is 1.58 bits per heavy atom. The maximum atomic E-state index is 12.2. The van der Waals surface area contributed by atoms with Crippen molar-refractivity contribution in [1.82, 2.24) is 0 Å². The van der Waals surface area contributed by atoms with Crippen molar-refractivity contribution >= 4 is 11.4 Å². The van der Waals surface area contributed by atoms with E-state index >= 15 is 0 Å². The van der Waals surface area contributed by atoms with E-state index in [0.29, 0.717) is 6.04 Å². The molecule has 3 rings (SSSR count). The van der Waals surface area contributed by atoms with Gasteiger partial charge in [-0.05, 0) is 61.4 Å². The Hall–Kier alpha value is -2.57. The molecule has 1 fully saturated rings. The van der Waals surface area contributed by atoms with Crippen LogP contribution in [-0.4, -0.2) is 37.6 Å². The first-order chi connectivity index (χ1) is 12.3. The Morgan fingerprint density at radius 1 is 1.00 bits per heavy atom. The Morgan fingerprint density at radius 3 is 2.12 bits per heavy atom. The second kappa shape index (κ2) is 7.35. The van der Waals surface area contributed by atoms with Gasteiger partial charge in [-0.1, -0.05) is 0 Å². The largest absolute Gasteiger partial charge is 0.573 e. The number of ether oxygens (including phenoxy) is 1. The normalized spacial score (nSPS) is 15.8. The van der Waals surface area contributed by atoms with Gasteiger partial charge in [-0.15, -0.1) is 13.2 Å². The summed E-state index contributed by atoms with van der Waals surface area (Å²) in [6, 6.07) is 13.4. The SMILES string of the molecule is CN(c1ccc(OC(F)(F)F)cc1)C1CCN(c2ccc(O)cc2)CC1. The van der Waals surface area contributed by atoms with Crippen molar-refractivity contribution in [2.75, 3.05) is 29.9 Å². The van der Waals surface area contributed by atoms with E-state index in [2.05, 4.69) is 14.5 Å². The molecule has 0 unspecified atom stereocenters. The molecule has 26 heavy (non-hydrogen) atoms. The summed E-state index contributed by atoms with van der Waals surface area (Å²) in [5.74, 6) is 0.0399. The van der Waals surface area contributed by atoms with Crippen molar-refractivity contribution in [2.45, 2.75) is 25.2 Å². The van der Waals surface area contributed by atoms with Gasteiger partial charge < -0.3 is 19.6 Å². The molecule has 0 spiro atoms. The minimum Gasteiger partial charge on any atom is -0.508 e. The third-order valence-corrected chi connectivity index (χ3v) is 4.70. The minimum absolute atomic E-state index is 0.211. The molecule has 2 aromatic carbocycles. The van der Waals surface area contributed by atoms with Crippen LogP contribution < -0.4 is 14.5 Å². The number of hydrogen-bond donors (Lipinski definition) is 1. The molecule has 140 valence electrons. The van der Waals surface area contributed by atoms with E-state index in [0.717, 1.165) is 37.3 Å². The molecule has 4 nitrogen and oxygen atoms in total. The summed E-state index contributed by atoms with van der Waals surface area (Å²) in [5, 5.41) is 9.38. The smallest absolute Gasteiger partial charge is 0.508 e. The molecule has 0 radical (unpaired) electrons. The number of aromatic hydroxyl groups is 1. The second-order valence-corrected chi connectivity index (χ2v) is 6.39. The number of nitrogens with zero attached hydrogens (tertiary/aromatic N) is 2. The zero-order chi connectivity index (χ0) is 18.7. The lowest BCUT2D eigenvalue weighted by atomic mass is 10.0. The molecule has 0 bridgehead atoms. The van der Waals surface area contributed by atoms with Gasteiger partial charge in [0, 0.05) is 37.6 Å². The standard InChI is InChI=1S/C19H21F3N2O2/c1-23(14-4-8-18(9-5-14)26-19(20,21)22)15-10-12-24(13-11-15)16-2-6-17(25)7-3-16/h2-9,15,25H,10-13H2,1H3. The van der Waals surface area contributed by atoms with Crippen LogP contribution in [0.25, 0.3) is 0 Å². The molecule has 1 aliphatic rings. The van der Waals surface area contributed by atoms with Gasteiger partial charge in [0.25, 0.3) is 0 Å². The predicted octanol–water partition coefficient (Wildman–Crippen LogP) is 4.40. The highest BCUT2D eigenvalue weighted by Crippen LogP contribution is 2.29. The molecule has 0 amide bonds. The van der Waals surface area contributed by atoms with Crippen molar-refractivity contribution in [3.05, 3.63) is 48.5 Å². The third kappa shape index (κ3) is 4.53. The van der Waals surface area contributed by atoms with Crippen LogP contribution in [0.3, 0.4) is 0 Å². The first-order valence-corrected chi connectivity index (χ1v) is 8.44. The summed E-state index contributed by atoms with van der Waals surface area (Å²) in [7, 11) is 1.96. The van der Waals surface area contributed by atoms with Gasteiger partial charge in [0.05, 0.1) is 0 Å². The Kier molecular flexibility index (Phi) is 5.15. The van der Waals surface area contributed by atoms with Crippen LogP contribution in [0, 0.1) is 0 Å². The lowest BCUT2D eigenvalue weighted by Crippen LogP contribution is -2.43. The molecule has 1 saturated heterocycles. The summed E-state index contributed by atoms with van der Waals surface area (Å²) in [6.07, 6.45) is -2.79. The molecule has 7 heteroatoms. The van der Waals surface area contributed by atoms with Crippen LogP contribution in [0.5, 0.6) is 11.5 Å². The van der Waals surface area contributed by atoms with E-state index in [1.54, 1.807) is 24.3 Å². The number of alkyl halides is 3. The fourth-order valence-electron chi connectivity index (χ4n) is 3.27. The van der Waals surface area contributed by atoms with E-state index in [-0.39, 0.29) is 11.5 Å². The Bertz CT molecular complexity index is 709. The molecule has 1 aliphatic heterocycles. The summed E-state index contributed by atoms with van der Waals surface area (Å²) in [6.45, 7) is 1.77. The van der Waals surface area contributed by atoms with Crippen molar-refractivity contribution in [3.8, 4) is 11.5 Å². The summed E-state index contributed by atoms with van der Waals surface area (Å²) in [4.78, 5) is 4.37. The number of halogens is 3. The predicted molar refractivity (Wildman–Crippen MR) is 94.9 cm³/mol.